The first-order valence-electron chi connectivity index (χ1n) is 3.08. The molecule has 0 saturated carbocycles. The minimum absolute atomic E-state index is 0.391. The molecule has 0 aromatic carbocycles. The largest absolute Gasteiger partial charge is 0.232 e. The zero-order valence-corrected chi connectivity index (χ0v) is 5.82. The van der Waals surface area contributed by atoms with Crippen molar-refractivity contribution in [3.8, 4) is 0 Å². The van der Waals surface area contributed by atoms with Crippen LogP contribution in [0.2, 0.25) is 0 Å². The standard InChI is InChI=1S/C6H5FN4/c1-11-6-5(9-10-11)2-4(7)3-8-6/h2-3H,1H3. The number of rotatable bonds is 0. The quantitative estimate of drug-likeness (QED) is 0.552. The van der Waals surface area contributed by atoms with E-state index in [4.69, 9.17) is 0 Å². The molecule has 0 saturated heterocycles. The first-order chi connectivity index (χ1) is 5.27. The van der Waals surface area contributed by atoms with Crippen molar-refractivity contribution in [3.05, 3.63) is 18.1 Å². The number of hydrogen-bond donors (Lipinski definition) is 0. The van der Waals surface area contributed by atoms with Gasteiger partial charge in [0.15, 0.2) is 5.65 Å². The zero-order valence-electron chi connectivity index (χ0n) is 5.82. The van der Waals surface area contributed by atoms with E-state index in [9.17, 15) is 4.39 Å². The van der Waals surface area contributed by atoms with Crippen LogP contribution in [0.1, 0.15) is 0 Å². The third-order valence-corrected chi connectivity index (χ3v) is 1.41. The highest BCUT2D eigenvalue weighted by atomic mass is 19.1. The molecule has 2 heterocycles. The van der Waals surface area contributed by atoms with Crippen LogP contribution in [-0.2, 0) is 7.05 Å². The maximum absolute atomic E-state index is 12.5. The number of nitrogens with zero attached hydrogens (tertiary/aromatic N) is 4. The van der Waals surface area contributed by atoms with Crippen molar-refractivity contribution >= 4 is 11.2 Å². The van der Waals surface area contributed by atoms with Gasteiger partial charge in [-0.05, 0) is 0 Å². The van der Waals surface area contributed by atoms with Crippen LogP contribution >= 0.6 is 0 Å². The topological polar surface area (TPSA) is 43.6 Å². The summed E-state index contributed by atoms with van der Waals surface area (Å²) in [6, 6.07) is 1.30. The highest BCUT2D eigenvalue weighted by Gasteiger charge is 2.02. The zero-order chi connectivity index (χ0) is 7.84. The molecule has 0 aliphatic rings. The number of halogens is 1. The Labute approximate surface area is 61.7 Å². The van der Waals surface area contributed by atoms with Gasteiger partial charge >= 0.3 is 0 Å². The monoisotopic (exact) mass is 152 g/mol. The Morgan fingerprint density at radius 3 is 3.18 bits per heavy atom. The molecule has 2 aromatic rings. The van der Waals surface area contributed by atoms with E-state index in [1.807, 2.05) is 0 Å². The summed E-state index contributed by atoms with van der Waals surface area (Å²) in [5.41, 5.74) is 1.07. The predicted octanol–water partition coefficient (Wildman–Crippen LogP) is 0.502. The van der Waals surface area contributed by atoms with Crippen LogP contribution in [0.5, 0.6) is 0 Å². The summed E-state index contributed by atoms with van der Waals surface area (Å²) in [4.78, 5) is 3.80. The predicted molar refractivity (Wildman–Crippen MR) is 36.3 cm³/mol. The van der Waals surface area contributed by atoms with Crippen molar-refractivity contribution in [1.82, 2.24) is 20.0 Å². The molecule has 0 aliphatic carbocycles. The van der Waals surface area contributed by atoms with Crippen molar-refractivity contribution in [2.75, 3.05) is 0 Å². The van der Waals surface area contributed by atoms with Crippen molar-refractivity contribution in [3.63, 3.8) is 0 Å². The Kier molecular flexibility index (Phi) is 1.12. The molecule has 11 heavy (non-hydrogen) atoms. The normalized spacial score (nSPS) is 10.7. The fraction of sp³-hybridized carbons (Fsp3) is 0.167. The van der Waals surface area contributed by atoms with Crippen molar-refractivity contribution < 1.29 is 4.39 Å². The Morgan fingerprint density at radius 1 is 1.55 bits per heavy atom. The Morgan fingerprint density at radius 2 is 2.36 bits per heavy atom. The number of aromatic nitrogens is 4. The highest BCUT2D eigenvalue weighted by Crippen LogP contribution is 2.06. The van der Waals surface area contributed by atoms with Crippen molar-refractivity contribution in [2.45, 2.75) is 0 Å². The van der Waals surface area contributed by atoms with Gasteiger partial charge in [0.1, 0.15) is 11.3 Å². The van der Waals surface area contributed by atoms with Gasteiger partial charge < -0.3 is 0 Å². The maximum Gasteiger partial charge on any atom is 0.178 e. The fourth-order valence-electron chi connectivity index (χ4n) is 0.902. The molecule has 0 bridgehead atoms. The Hall–Kier alpha value is -1.52. The molecule has 0 aliphatic heterocycles. The minimum Gasteiger partial charge on any atom is -0.232 e. The van der Waals surface area contributed by atoms with E-state index >= 15 is 0 Å². The van der Waals surface area contributed by atoms with Gasteiger partial charge in [-0.2, -0.15) is 0 Å². The molecule has 0 fully saturated rings. The molecule has 2 rings (SSSR count). The van der Waals surface area contributed by atoms with Gasteiger partial charge in [0.05, 0.1) is 6.20 Å². The molecule has 0 amide bonds. The van der Waals surface area contributed by atoms with E-state index in [2.05, 4.69) is 15.3 Å². The third kappa shape index (κ3) is 0.849. The number of fused-ring (bicyclic) bond motifs is 1. The average molecular weight is 152 g/mol. The van der Waals surface area contributed by atoms with Crippen LogP contribution in [-0.4, -0.2) is 20.0 Å². The Bertz CT molecular complexity index is 394. The molecular weight excluding hydrogens is 147 g/mol. The van der Waals surface area contributed by atoms with Gasteiger partial charge in [0.2, 0.25) is 0 Å². The van der Waals surface area contributed by atoms with Crippen molar-refractivity contribution in [1.29, 1.82) is 0 Å². The lowest BCUT2D eigenvalue weighted by molar-refractivity contribution is 0.623. The third-order valence-electron chi connectivity index (χ3n) is 1.41. The van der Waals surface area contributed by atoms with E-state index in [1.165, 1.54) is 10.7 Å². The van der Waals surface area contributed by atoms with Gasteiger partial charge in [-0.25, -0.2) is 14.1 Å². The molecule has 2 aromatic heterocycles. The molecular formula is C6H5FN4. The van der Waals surface area contributed by atoms with Gasteiger partial charge in [-0.1, -0.05) is 5.21 Å². The molecule has 0 unspecified atom stereocenters. The minimum atomic E-state index is -0.391. The summed E-state index contributed by atoms with van der Waals surface area (Å²) in [6.07, 6.45) is 1.14. The van der Waals surface area contributed by atoms with Gasteiger partial charge in [0.25, 0.3) is 0 Å². The second kappa shape index (κ2) is 1.98. The van der Waals surface area contributed by atoms with E-state index < -0.39 is 5.82 Å². The van der Waals surface area contributed by atoms with Crippen LogP contribution in [0.25, 0.3) is 11.2 Å². The summed E-state index contributed by atoms with van der Waals surface area (Å²) in [5.74, 6) is -0.391. The number of pyridine rings is 1. The van der Waals surface area contributed by atoms with Crippen LogP contribution in [0.3, 0.4) is 0 Å². The number of hydrogen-bond acceptors (Lipinski definition) is 3. The Balaban J connectivity index is 2.86. The first kappa shape index (κ1) is 6.21. The van der Waals surface area contributed by atoms with E-state index in [1.54, 1.807) is 7.05 Å². The summed E-state index contributed by atoms with van der Waals surface area (Å²) >= 11 is 0. The molecule has 4 nitrogen and oxygen atoms in total. The van der Waals surface area contributed by atoms with Gasteiger partial charge in [-0.3, -0.25) is 0 Å². The molecule has 0 N–H and O–H groups in total. The smallest absolute Gasteiger partial charge is 0.178 e. The van der Waals surface area contributed by atoms with E-state index in [0.717, 1.165) is 6.20 Å². The number of aryl methyl sites for hydroxylation is 1. The van der Waals surface area contributed by atoms with Crippen LogP contribution in [0.15, 0.2) is 12.3 Å². The fourth-order valence-corrected chi connectivity index (χ4v) is 0.902. The molecule has 0 radical (unpaired) electrons. The summed E-state index contributed by atoms with van der Waals surface area (Å²) < 4.78 is 14.0. The second-order valence-corrected chi connectivity index (χ2v) is 2.21. The second-order valence-electron chi connectivity index (χ2n) is 2.21. The molecule has 5 heteroatoms. The van der Waals surface area contributed by atoms with Gasteiger partial charge in [0, 0.05) is 13.1 Å². The van der Waals surface area contributed by atoms with Gasteiger partial charge in [-0.15, -0.1) is 5.10 Å². The highest BCUT2D eigenvalue weighted by molar-refractivity contribution is 5.68. The van der Waals surface area contributed by atoms with Crippen molar-refractivity contribution in [2.24, 2.45) is 7.05 Å². The molecule has 56 valence electrons. The van der Waals surface area contributed by atoms with Crippen LogP contribution in [0.4, 0.5) is 4.39 Å². The molecule has 0 spiro atoms. The van der Waals surface area contributed by atoms with E-state index in [0.29, 0.717) is 11.2 Å². The average Bonchev–Trinajstić information content (AvgIpc) is 2.32. The summed E-state index contributed by atoms with van der Waals surface area (Å²) in [5, 5.41) is 7.36. The van der Waals surface area contributed by atoms with E-state index in [-0.39, 0.29) is 0 Å². The first-order valence-corrected chi connectivity index (χ1v) is 3.08. The SMILES string of the molecule is Cn1nnc2cc(F)cnc21. The summed E-state index contributed by atoms with van der Waals surface area (Å²) in [6.45, 7) is 0. The lowest BCUT2D eigenvalue weighted by Gasteiger charge is -1.88. The maximum atomic E-state index is 12.5. The van der Waals surface area contributed by atoms with Crippen LogP contribution in [0, 0.1) is 5.82 Å². The lowest BCUT2D eigenvalue weighted by Crippen LogP contribution is -1.91. The summed E-state index contributed by atoms with van der Waals surface area (Å²) in [7, 11) is 1.71. The molecule has 0 atom stereocenters. The lowest BCUT2D eigenvalue weighted by atomic mass is 10.4. The van der Waals surface area contributed by atoms with Crippen LogP contribution < -0.4 is 0 Å².